The van der Waals surface area contributed by atoms with Crippen molar-refractivity contribution in [2.24, 2.45) is 0 Å². The number of Topliss-reactive ketones (excluding diaryl/α,β-unsaturated/α-hetero) is 1. The molecule has 1 aromatic carbocycles. The minimum Gasteiger partial charge on any atom is -0.370 e. The monoisotopic (exact) mass is 285 g/mol. The molecule has 1 fully saturated rings. The van der Waals surface area contributed by atoms with Crippen LogP contribution in [0.2, 0.25) is 5.02 Å². The molecule has 0 amide bonds. The summed E-state index contributed by atoms with van der Waals surface area (Å²) in [6.45, 7) is 1.85. The Balaban J connectivity index is 1.83. The molecular formula is C14H17ClFNO2. The molecular weight excluding hydrogens is 269 g/mol. The van der Waals surface area contributed by atoms with Crippen LogP contribution < -0.4 is 5.32 Å². The van der Waals surface area contributed by atoms with Crippen LogP contribution in [0.4, 0.5) is 4.39 Å². The van der Waals surface area contributed by atoms with Gasteiger partial charge in [-0.25, -0.2) is 4.39 Å². The van der Waals surface area contributed by atoms with Crippen LogP contribution in [-0.2, 0) is 16.0 Å². The highest BCUT2D eigenvalue weighted by Gasteiger charge is 2.16. The number of ketones is 1. The van der Waals surface area contributed by atoms with E-state index in [-0.39, 0.29) is 35.5 Å². The number of piperidine rings is 1. The zero-order chi connectivity index (χ0) is 13.7. The Morgan fingerprint density at radius 1 is 1.42 bits per heavy atom. The Hall–Kier alpha value is -0.970. The van der Waals surface area contributed by atoms with Crippen molar-refractivity contribution in [3.63, 3.8) is 0 Å². The summed E-state index contributed by atoms with van der Waals surface area (Å²) in [6.07, 6.45) is 1.93. The van der Waals surface area contributed by atoms with Crippen LogP contribution in [0.3, 0.4) is 0 Å². The molecule has 1 heterocycles. The van der Waals surface area contributed by atoms with Gasteiger partial charge < -0.3 is 10.1 Å². The molecule has 0 atom stereocenters. The summed E-state index contributed by atoms with van der Waals surface area (Å²) in [5.41, 5.74) is 0.253. The first-order valence-electron chi connectivity index (χ1n) is 6.43. The molecule has 0 aliphatic carbocycles. The Morgan fingerprint density at radius 2 is 2.16 bits per heavy atom. The quantitative estimate of drug-likeness (QED) is 0.903. The van der Waals surface area contributed by atoms with Gasteiger partial charge in [-0.05, 0) is 38.1 Å². The number of rotatable bonds is 5. The summed E-state index contributed by atoms with van der Waals surface area (Å²) in [5, 5.41) is 3.51. The minimum atomic E-state index is -0.442. The average molecular weight is 286 g/mol. The normalized spacial score (nSPS) is 16.5. The van der Waals surface area contributed by atoms with Gasteiger partial charge in [-0.1, -0.05) is 17.7 Å². The van der Waals surface area contributed by atoms with Gasteiger partial charge in [0.05, 0.1) is 6.10 Å². The van der Waals surface area contributed by atoms with E-state index >= 15 is 0 Å². The Labute approximate surface area is 117 Å². The maximum Gasteiger partial charge on any atom is 0.162 e. The summed E-state index contributed by atoms with van der Waals surface area (Å²) >= 11 is 5.88. The van der Waals surface area contributed by atoms with Gasteiger partial charge in [-0.15, -0.1) is 0 Å². The fraction of sp³-hybridized carbons (Fsp3) is 0.500. The van der Waals surface area contributed by atoms with Crippen LogP contribution >= 0.6 is 11.6 Å². The van der Waals surface area contributed by atoms with Gasteiger partial charge in [0, 0.05) is 17.0 Å². The number of carbonyl (C=O) groups excluding carboxylic acids is 1. The van der Waals surface area contributed by atoms with Gasteiger partial charge in [0.25, 0.3) is 0 Å². The average Bonchev–Trinajstić information content (AvgIpc) is 2.42. The van der Waals surface area contributed by atoms with Gasteiger partial charge in [-0.3, -0.25) is 4.79 Å². The third-order valence-electron chi connectivity index (χ3n) is 3.20. The molecule has 2 rings (SSSR count). The summed E-state index contributed by atoms with van der Waals surface area (Å²) in [6, 6.07) is 4.42. The lowest BCUT2D eigenvalue weighted by Gasteiger charge is -2.22. The van der Waals surface area contributed by atoms with Crippen LogP contribution in [0.5, 0.6) is 0 Å². The van der Waals surface area contributed by atoms with Crippen molar-refractivity contribution in [3.05, 3.63) is 34.6 Å². The van der Waals surface area contributed by atoms with Crippen molar-refractivity contribution in [3.8, 4) is 0 Å². The summed E-state index contributed by atoms with van der Waals surface area (Å²) < 4.78 is 19.1. The predicted molar refractivity (Wildman–Crippen MR) is 72.0 cm³/mol. The lowest BCUT2D eigenvalue weighted by molar-refractivity contribution is -0.125. The van der Waals surface area contributed by atoms with E-state index in [1.807, 2.05) is 0 Å². The van der Waals surface area contributed by atoms with E-state index in [9.17, 15) is 9.18 Å². The van der Waals surface area contributed by atoms with E-state index in [0.717, 1.165) is 25.9 Å². The van der Waals surface area contributed by atoms with Crippen molar-refractivity contribution in [2.45, 2.75) is 25.4 Å². The molecule has 1 saturated heterocycles. The molecule has 0 bridgehead atoms. The number of nitrogens with one attached hydrogen (secondary N) is 1. The number of benzene rings is 1. The largest absolute Gasteiger partial charge is 0.370 e. The maximum absolute atomic E-state index is 13.5. The second-order valence-electron chi connectivity index (χ2n) is 4.68. The van der Waals surface area contributed by atoms with E-state index < -0.39 is 5.82 Å². The molecule has 5 heteroatoms. The Morgan fingerprint density at radius 3 is 2.84 bits per heavy atom. The number of hydrogen-bond donors (Lipinski definition) is 1. The number of carbonyl (C=O) groups is 1. The molecule has 0 spiro atoms. The molecule has 0 radical (unpaired) electrons. The number of hydrogen-bond acceptors (Lipinski definition) is 3. The smallest absolute Gasteiger partial charge is 0.162 e. The van der Waals surface area contributed by atoms with E-state index in [1.165, 1.54) is 12.1 Å². The predicted octanol–water partition coefficient (Wildman–Crippen LogP) is 2.36. The minimum absolute atomic E-state index is 0.0174. The van der Waals surface area contributed by atoms with E-state index in [2.05, 4.69) is 5.32 Å². The number of ether oxygens (including phenoxy) is 1. The molecule has 0 saturated carbocycles. The fourth-order valence-corrected chi connectivity index (χ4v) is 2.35. The molecule has 1 aliphatic rings. The molecule has 104 valence electrons. The zero-order valence-electron chi connectivity index (χ0n) is 10.6. The lowest BCUT2D eigenvalue weighted by Crippen LogP contribution is -2.33. The van der Waals surface area contributed by atoms with E-state index in [0.29, 0.717) is 0 Å². The van der Waals surface area contributed by atoms with Crippen LogP contribution in [0.15, 0.2) is 18.2 Å². The van der Waals surface area contributed by atoms with Gasteiger partial charge in [0.2, 0.25) is 0 Å². The van der Waals surface area contributed by atoms with Gasteiger partial charge in [-0.2, -0.15) is 0 Å². The van der Waals surface area contributed by atoms with E-state index in [1.54, 1.807) is 6.07 Å². The Kier molecular flexibility index (Phi) is 5.31. The SMILES string of the molecule is O=C(COC1CCNCC1)Cc1c(F)cccc1Cl. The van der Waals surface area contributed by atoms with Crippen molar-refractivity contribution < 1.29 is 13.9 Å². The van der Waals surface area contributed by atoms with E-state index in [4.69, 9.17) is 16.3 Å². The first-order chi connectivity index (χ1) is 9.16. The van der Waals surface area contributed by atoms with Crippen LogP contribution in [0, 0.1) is 5.82 Å². The third kappa shape index (κ3) is 4.27. The first-order valence-corrected chi connectivity index (χ1v) is 6.81. The molecule has 3 nitrogen and oxygen atoms in total. The van der Waals surface area contributed by atoms with Gasteiger partial charge in [0.15, 0.2) is 5.78 Å². The summed E-state index contributed by atoms with van der Waals surface area (Å²) in [7, 11) is 0. The molecule has 19 heavy (non-hydrogen) atoms. The molecule has 1 aliphatic heterocycles. The third-order valence-corrected chi connectivity index (χ3v) is 3.56. The summed E-state index contributed by atoms with van der Waals surface area (Å²) in [4.78, 5) is 11.8. The second kappa shape index (κ2) is 6.98. The van der Waals surface area contributed by atoms with Crippen LogP contribution in [-0.4, -0.2) is 31.6 Å². The highest BCUT2D eigenvalue weighted by molar-refractivity contribution is 6.31. The van der Waals surface area contributed by atoms with Crippen molar-refractivity contribution in [1.29, 1.82) is 0 Å². The zero-order valence-corrected chi connectivity index (χ0v) is 11.4. The molecule has 0 aromatic heterocycles. The lowest BCUT2D eigenvalue weighted by atomic mass is 10.1. The highest BCUT2D eigenvalue weighted by Crippen LogP contribution is 2.19. The van der Waals surface area contributed by atoms with Crippen molar-refractivity contribution in [1.82, 2.24) is 5.32 Å². The van der Waals surface area contributed by atoms with Crippen LogP contribution in [0.25, 0.3) is 0 Å². The van der Waals surface area contributed by atoms with Gasteiger partial charge >= 0.3 is 0 Å². The molecule has 1 N–H and O–H groups in total. The van der Waals surface area contributed by atoms with Gasteiger partial charge in [0.1, 0.15) is 12.4 Å². The number of halogens is 2. The Bertz CT molecular complexity index is 427. The van der Waals surface area contributed by atoms with Crippen molar-refractivity contribution in [2.75, 3.05) is 19.7 Å². The first kappa shape index (κ1) is 14.4. The highest BCUT2D eigenvalue weighted by atomic mass is 35.5. The standard InChI is InChI=1S/C14H17ClFNO2/c15-13-2-1-3-14(16)12(13)8-10(18)9-19-11-4-6-17-7-5-11/h1-3,11,17H,4-9H2. The molecule has 1 aromatic rings. The fourth-order valence-electron chi connectivity index (χ4n) is 2.12. The second-order valence-corrected chi connectivity index (χ2v) is 5.08. The van der Waals surface area contributed by atoms with Crippen LogP contribution in [0.1, 0.15) is 18.4 Å². The topological polar surface area (TPSA) is 38.3 Å². The molecule has 0 unspecified atom stereocenters. The van der Waals surface area contributed by atoms with Crippen molar-refractivity contribution >= 4 is 17.4 Å². The summed E-state index contributed by atoms with van der Waals surface area (Å²) in [5.74, 6) is -0.590. The maximum atomic E-state index is 13.5.